The second-order valence-corrected chi connectivity index (χ2v) is 8.44. The van der Waals surface area contributed by atoms with Crippen LogP contribution in [0.4, 0.5) is 0 Å². The molecule has 0 rings (SSSR count). The highest BCUT2D eigenvalue weighted by Crippen LogP contribution is 2.15. The van der Waals surface area contributed by atoms with E-state index in [1.54, 1.807) is 0 Å². The summed E-state index contributed by atoms with van der Waals surface area (Å²) < 4.78 is 11.4. The first-order valence-corrected chi connectivity index (χ1v) is 12.7. The average Bonchev–Trinajstić information content (AvgIpc) is 2.72. The number of esters is 1. The zero-order valence-corrected chi connectivity index (χ0v) is 19.7. The van der Waals surface area contributed by atoms with E-state index in [1.807, 2.05) is 0 Å². The monoisotopic (exact) mass is 413 g/mol. The molecule has 0 aliphatic rings. The topological polar surface area (TPSA) is 61.5 Å². The summed E-state index contributed by atoms with van der Waals surface area (Å²) in [4.78, 5) is 12.3. The van der Waals surface area contributed by atoms with Crippen LogP contribution in [0.1, 0.15) is 129 Å². The highest BCUT2D eigenvalue weighted by molar-refractivity contribution is 5.69. The molecular weight excluding hydrogens is 362 g/mol. The molecule has 4 heteroatoms. The number of hydrogen-bond donors (Lipinski definition) is 1. The fourth-order valence-electron chi connectivity index (χ4n) is 3.56. The van der Waals surface area contributed by atoms with Gasteiger partial charge in [0.05, 0.1) is 6.61 Å². The molecule has 0 aliphatic heterocycles. The van der Waals surface area contributed by atoms with E-state index in [-0.39, 0.29) is 12.1 Å². The number of carbonyl (C=O) groups is 1. The molecule has 2 N–H and O–H groups in total. The third-order valence-electron chi connectivity index (χ3n) is 5.49. The van der Waals surface area contributed by atoms with Crippen molar-refractivity contribution < 1.29 is 14.3 Å². The van der Waals surface area contributed by atoms with Crippen molar-refractivity contribution >= 4 is 5.97 Å². The maximum atomic E-state index is 12.3. The van der Waals surface area contributed by atoms with Gasteiger partial charge in [0.1, 0.15) is 6.10 Å². The van der Waals surface area contributed by atoms with E-state index in [0.717, 1.165) is 38.5 Å². The molecule has 0 aromatic carbocycles. The Kier molecular flexibility index (Phi) is 23.2. The minimum atomic E-state index is -0.0199. The van der Waals surface area contributed by atoms with Gasteiger partial charge in [0.25, 0.3) is 0 Å². The lowest BCUT2D eigenvalue weighted by Crippen LogP contribution is -2.20. The highest BCUT2D eigenvalue weighted by Gasteiger charge is 2.14. The van der Waals surface area contributed by atoms with Crippen LogP contribution in [0.2, 0.25) is 0 Å². The first-order chi connectivity index (χ1) is 14.2. The van der Waals surface area contributed by atoms with E-state index in [2.05, 4.69) is 13.8 Å². The maximum absolute atomic E-state index is 12.3. The SMILES string of the molecule is CCCCCCCCCCCC(=O)OC(CCCCCCC)CCOCCCN. The van der Waals surface area contributed by atoms with Crippen molar-refractivity contribution in [2.24, 2.45) is 5.73 Å². The first-order valence-electron chi connectivity index (χ1n) is 12.7. The molecule has 1 atom stereocenters. The molecule has 4 nitrogen and oxygen atoms in total. The van der Waals surface area contributed by atoms with Crippen molar-refractivity contribution in [3.63, 3.8) is 0 Å². The molecule has 29 heavy (non-hydrogen) atoms. The van der Waals surface area contributed by atoms with Gasteiger partial charge in [-0.15, -0.1) is 0 Å². The lowest BCUT2D eigenvalue weighted by molar-refractivity contribution is -0.150. The van der Waals surface area contributed by atoms with Gasteiger partial charge in [0.15, 0.2) is 0 Å². The van der Waals surface area contributed by atoms with E-state index >= 15 is 0 Å². The normalized spacial score (nSPS) is 12.2. The standard InChI is InChI=1S/C25H51NO3/c1-3-5-7-9-10-11-12-14-16-19-25(27)29-24(18-15-13-8-6-4-2)20-23-28-22-17-21-26/h24H,3-23,26H2,1-2H3. The van der Waals surface area contributed by atoms with Crippen molar-refractivity contribution in [2.45, 2.75) is 136 Å². The maximum Gasteiger partial charge on any atom is 0.306 e. The molecule has 0 radical (unpaired) electrons. The molecule has 0 fully saturated rings. The van der Waals surface area contributed by atoms with E-state index < -0.39 is 0 Å². The molecular formula is C25H51NO3. The van der Waals surface area contributed by atoms with Gasteiger partial charge < -0.3 is 15.2 Å². The summed E-state index contributed by atoms with van der Waals surface area (Å²) >= 11 is 0. The number of hydrogen-bond acceptors (Lipinski definition) is 4. The van der Waals surface area contributed by atoms with Crippen LogP contribution >= 0.6 is 0 Å². The summed E-state index contributed by atoms with van der Waals surface area (Å²) in [6.45, 7) is 6.51. The van der Waals surface area contributed by atoms with Gasteiger partial charge in [-0.1, -0.05) is 90.9 Å². The van der Waals surface area contributed by atoms with Gasteiger partial charge in [-0.2, -0.15) is 0 Å². The van der Waals surface area contributed by atoms with E-state index in [9.17, 15) is 4.79 Å². The zero-order chi connectivity index (χ0) is 21.4. The van der Waals surface area contributed by atoms with Crippen LogP contribution in [0.5, 0.6) is 0 Å². The molecule has 0 amide bonds. The second kappa shape index (κ2) is 23.7. The molecule has 0 aliphatic carbocycles. The Morgan fingerprint density at radius 3 is 1.83 bits per heavy atom. The number of nitrogens with two attached hydrogens (primary N) is 1. The largest absolute Gasteiger partial charge is 0.462 e. The molecule has 1 unspecified atom stereocenters. The molecule has 174 valence electrons. The Morgan fingerprint density at radius 1 is 0.690 bits per heavy atom. The van der Waals surface area contributed by atoms with E-state index in [4.69, 9.17) is 15.2 Å². The molecule has 0 saturated carbocycles. The van der Waals surface area contributed by atoms with Gasteiger partial charge in [-0.25, -0.2) is 0 Å². The molecule has 0 saturated heterocycles. The van der Waals surface area contributed by atoms with Crippen LogP contribution in [0.15, 0.2) is 0 Å². The Balaban J connectivity index is 3.88. The van der Waals surface area contributed by atoms with Crippen LogP contribution in [0.3, 0.4) is 0 Å². The Labute approximate surface area is 181 Å². The van der Waals surface area contributed by atoms with Gasteiger partial charge in [-0.05, 0) is 32.2 Å². The minimum Gasteiger partial charge on any atom is -0.462 e. The van der Waals surface area contributed by atoms with Crippen molar-refractivity contribution in [1.29, 1.82) is 0 Å². The second-order valence-electron chi connectivity index (χ2n) is 8.44. The number of unbranched alkanes of at least 4 members (excludes halogenated alkanes) is 12. The number of carbonyl (C=O) groups excluding carboxylic acids is 1. The van der Waals surface area contributed by atoms with Crippen LogP contribution in [-0.4, -0.2) is 31.8 Å². The Morgan fingerprint density at radius 2 is 1.24 bits per heavy atom. The third-order valence-corrected chi connectivity index (χ3v) is 5.49. The summed E-state index contributed by atoms with van der Waals surface area (Å²) in [5.41, 5.74) is 5.50. The first kappa shape index (κ1) is 28.4. The molecule has 0 aromatic heterocycles. The summed E-state index contributed by atoms with van der Waals surface area (Å²) in [6, 6.07) is 0. The fourth-order valence-corrected chi connectivity index (χ4v) is 3.56. The van der Waals surface area contributed by atoms with E-state index in [0.29, 0.717) is 26.2 Å². The van der Waals surface area contributed by atoms with Gasteiger partial charge in [0.2, 0.25) is 0 Å². The van der Waals surface area contributed by atoms with Gasteiger partial charge in [0, 0.05) is 19.4 Å². The van der Waals surface area contributed by atoms with Crippen LogP contribution in [0.25, 0.3) is 0 Å². The lowest BCUT2D eigenvalue weighted by atomic mass is 10.1. The Bertz CT molecular complexity index is 322. The third kappa shape index (κ3) is 21.9. The van der Waals surface area contributed by atoms with Gasteiger partial charge in [-0.3, -0.25) is 4.79 Å². The summed E-state index contributed by atoms with van der Waals surface area (Å²) in [5.74, 6) is -0.0199. The number of ether oxygens (including phenoxy) is 2. The van der Waals surface area contributed by atoms with Gasteiger partial charge >= 0.3 is 5.97 Å². The van der Waals surface area contributed by atoms with Crippen molar-refractivity contribution in [2.75, 3.05) is 19.8 Å². The molecule has 0 bridgehead atoms. The van der Waals surface area contributed by atoms with Crippen LogP contribution < -0.4 is 5.73 Å². The predicted octanol–water partition coefficient (Wildman–Crippen LogP) is 6.94. The minimum absolute atomic E-state index is 0.0144. The van der Waals surface area contributed by atoms with Crippen LogP contribution in [0, 0.1) is 0 Å². The van der Waals surface area contributed by atoms with Crippen LogP contribution in [-0.2, 0) is 14.3 Å². The smallest absolute Gasteiger partial charge is 0.306 e. The molecule has 0 aromatic rings. The van der Waals surface area contributed by atoms with E-state index in [1.165, 1.54) is 70.6 Å². The van der Waals surface area contributed by atoms with Crippen molar-refractivity contribution in [3.8, 4) is 0 Å². The highest BCUT2D eigenvalue weighted by atomic mass is 16.5. The summed E-state index contributed by atoms with van der Waals surface area (Å²) in [5, 5.41) is 0. The fraction of sp³-hybridized carbons (Fsp3) is 0.960. The molecule has 0 heterocycles. The predicted molar refractivity (Wildman–Crippen MR) is 124 cm³/mol. The lowest BCUT2D eigenvalue weighted by Gasteiger charge is -2.18. The average molecular weight is 414 g/mol. The summed E-state index contributed by atoms with van der Waals surface area (Å²) in [6.07, 6.45) is 20.9. The molecule has 0 spiro atoms. The quantitative estimate of drug-likeness (QED) is 0.146. The Hall–Kier alpha value is -0.610. The summed E-state index contributed by atoms with van der Waals surface area (Å²) in [7, 11) is 0. The van der Waals surface area contributed by atoms with Crippen molar-refractivity contribution in [1.82, 2.24) is 0 Å². The number of rotatable bonds is 23. The van der Waals surface area contributed by atoms with Crippen molar-refractivity contribution in [3.05, 3.63) is 0 Å². The zero-order valence-electron chi connectivity index (χ0n) is 19.7.